The molecule has 0 aliphatic rings. The molecular formula is C13H20ClN3O2. The Hall–Kier alpha value is -1.36. The Bertz CT molecular complexity index is 499. The van der Waals surface area contributed by atoms with E-state index in [0.717, 1.165) is 19.3 Å². The zero-order valence-corrected chi connectivity index (χ0v) is 12.3. The third-order valence-corrected chi connectivity index (χ3v) is 3.14. The Morgan fingerprint density at radius 3 is 2.79 bits per heavy atom. The molecule has 1 amide bonds. The van der Waals surface area contributed by atoms with Gasteiger partial charge < -0.3 is 5.32 Å². The number of aromatic nitrogens is 2. The van der Waals surface area contributed by atoms with Gasteiger partial charge in [0, 0.05) is 12.6 Å². The minimum Gasteiger partial charge on any atom is -0.354 e. The second-order valence-corrected chi connectivity index (χ2v) is 4.90. The van der Waals surface area contributed by atoms with Crippen molar-refractivity contribution in [2.24, 2.45) is 0 Å². The Balaban J connectivity index is 2.75. The summed E-state index contributed by atoms with van der Waals surface area (Å²) in [5.74, 6) is 0.263. The number of halogens is 1. The Labute approximate surface area is 118 Å². The highest BCUT2D eigenvalue weighted by Crippen LogP contribution is 2.08. The molecule has 1 unspecified atom stereocenters. The van der Waals surface area contributed by atoms with E-state index in [4.69, 9.17) is 11.6 Å². The molecule has 0 bridgehead atoms. The van der Waals surface area contributed by atoms with Crippen molar-refractivity contribution in [2.45, 2.75) is 46.1 Å². The van der Waals surface area contributed by atoms with Gasteiger partial charge in [-0.25, -0.2) is 4.98 Å². The Kier molecular flexibility index (Phi) is 6.02. The molecule has 19 heavy (non-hydrogen) atoms. The van der Waals surface area contributed by atoms with Crippen LogP contribution in [0.4, 0.5) is 0 Å². The van der Waals surface area contributed by atoms with Crippen LogP contribution >= 0.6 is 11.6 Å². The van der Waals surface area contributed by atoms with Crippen molar-refractivity contribution in [1.29, 1.82) is 0 Å². The van der Waals surface area contributed by atoms with Crippen LogP contribution in [-0.2, 0) is 4.79 Å². The summed E-state index contributed by atoms with van der Waals surface area (Å²) < 4.78 is 1.35. The maximum absolute atomic E-state index is 12.0. The lowest BCUT2D eigenvalue weighted by molar-refractivity contribution is -0.124. The summed E-state index contributed by atoms with van der Waals surface area (Å²) in [4.78, 5) is 27.8. The van der Waals surface area contributed by atoms with Crippen LogP contribution in [0.15, 0.2) is 10.9 Å². The summed E-state index contributed by atoms with van der Waals surface area (Å²) in [6.45, 7) is 6.08. The smallest absolute Gasteiger partial charge is 0.255 e. The number of nitrogens with one attached hydrogen (secondary N) is 1. The van der Waals surface area contributed by atoms with E-state index in [1.807, 2.05) is 0 Å². The minimum atomic E-state index is -0.584. The van der Waals surface area contributed by atoms with E-state index in [0.29, 0.717) is 12.4 Å². The molecular weight excluding hydrogens is 266 g/mol. The lowest BCUT2D eigenvalue weighted by Gasteiger charge is -2.17. The Morgan fingerprint density at radius 2 is 2.21 bits per heavy atom. The molecule has 0 saturated carbocycles. The fraction of sp³-hybridized carbons (Fsp3) is 0.615. The van der Waals surface area contributed by atoms with Gasteiger partial charge in [0.15, 0.2) is 0 Å². The third kappa shape index (κ3) is 4.35. The van der Waals surface area contributed by atoms with Gasteiger partial charge in [-0.3, -0.25) is 14.2 Å². The fourth-order valence-corrected chi connectivity index (χ4v) is 2.11. The van der Waals surface area contributed by atoms with Crippen LogP contribution in [0.1, 0.15) is 45.0 Å². The third-order valence-electron chi connectivity index (χ3n) is 2.94. The molecule has 106 valence electrons. The summed E-state index contributed by atoms with van der Waals surface area (Å²) in [7, 11) is 0. The number of amides is 1. The van der Waals surface area contributed by atoms with Crippen LogP contribution in [0.5, 0.6) is 0 Å². The van der Waals surface area contributed by atoms with E-state index < -0.39 is 6.04 Å². The molecule has 1 aromatic rings. The first-order chi connectivity index (χ1) is 8.97. The molecule has 6 heteroatoms. The highest BCUT2D eigenvalue weighted by Gasteiger charge is 2.18. The van der Waals surface area contributed by atoms with Gasteiger partial charge in [-0.15, -0.1) is 0 Å². The molecule has 1 rings (SSSR count). The largest absolute Gasteiger partial charge is 0.354 e. The molecule has 0 aliphatic heterocycles. The van der Waals surface area contributed by atoms with Gasteiger partial charge in [-0.1, -0.05) is 31.4 Å². The molecule has 0 spiro atoms. The SMILES string of the molecule is CCCCCNC(=O)C(C)n1c(C)nc(Cl)cc1=O. The standard InChI is InChI=1S/C13H20ClN3O2/c1-4-5-6-7-15-13(19)9(2)17-10(3)16-11(14)8-12(17)18/h8-9H,4-7H2,1-3H3,(H,15,19). The predicted octanol–water partition coefficient (Wildman–Crippen LogP) is 2.07. The van der Waals surface area contributed by atoms with Crippen molar-refractivity contribution in [3.8, 4) is 0 Å². The molecule has 5 nitrogen and oxygen atoms in total. The van der Waals surface area contributed by atoms with Crippen LogP contribution in [0.2, 0.25) is 5.15 Å². The quantitative estimate of drug-likeness (QED) is 0.643. The monoisotopic (exact) mass is 285 g/mol. The first-order valence-electron chi connectivity index (χ1n) is 6.50. The molecule has 1 atom stereocenters. The lowest BCUT2D eigenvalue weighted by Crippen LogP contribution is -2.37. The lowest BCUT2D eigenvalue weighted by atomic mass is 10.2. The van der Waals surface area contributed by atoms with Gasteiger partial charge in [-0.05, 0) is 20.3 Å². The highest BCUT2D eigenvalue weighted by atomic mass is 35.5. The number of carbonyl (C=O) groups excluding carboxylic acids is 1. The normalized spacial score (nSPS) is 12.2. The molecule has 1 N–H and O–H groups in total. The number of hydrogen-bond donors (Lipinski definition) is 1. The minimum absolute atomic E-state index is 0.148. The van der Waals surface area contributed by atoms with Crippen molar-refractivity contribution < 1.29 is 4.79 Å². The molecule has 0 aromatic carbocycles. The zero-order chi connectivity index (χ0) is 14.4. The highest BCUT2D eigenvalue weighted by molar-refractivity contribution is 6.29. The first kappa shape index (κ1) is 15.7. The van der Waals surface area contributed by atoms with Gasteiger partial charge in [0.1, 0.15) is 17.0 Å². The summed E-state index contributed by atoms with van der Waals surface area (Å²) in [6.07, 6.45) is 3.13. The van der Waals surface area contributed by atoms with E-state index >= 15 is 0 Å². The maximum Gasteiger partial charge on any atom is 0.255 e. The number of nitrogens with zero attached hydrogens (tertiary/aromatic N) is 2. The van der Waals surface area contributed by atoms with Crippen LogP contribution in [-0.4, -0.2) is 22.0 Å². The molecule has 1 aromatic heterocycles. The molecule has 0 saturated heterocycles. The number of aryl methyl sites for hydroxylation is 1. The second-order valence-electron chi connectivity index (χ2n) is 4.51. The van der Waals surface area contributed by atoms with Crippen LogP contribution in [0.3, 0.4) is 0 Å². The van der Waals surface area contributed by atoms with Gasteiger partial charge >= 0.3 is 0 Å². The van der Waals surface area contributed by atoms with Gasteiger partial charge in [0.2, 0.25) is 5.91 Å². The predicted molar refractivity (Wildman–Crippen MR) is 75.5 cm³/mol. The van der Waals surface area contributed by atoms with Gasteiger partial charge in [0.05, 0.1) is 0 Å². The van der Waals surface area contributed by atoms with E-state index in [1.54, 1.807) is 13.8 Å². The number of carbonyl (C=O) groups is 1. The summed E-state index contributed by atoms with van der Waals surface area (Å²) in [6, 6.07) is 0.633. The molecule has 1 heterocycles. The molecule has 0 fully saturated rings. The van der Waals surface area contributed by atoms with E-state index in [2.05, 4.69) is 17.2 Å². The van der Waals surface area contributed by atoms with Crippen molar-refractivity contribution in [1.82, 2.24) is 14.9 Å². The van der Waals surface area contributed by atoms with Crippen LogP contribution in [0.25, 0.3) is 0 Å². The van der Waals surface area contributed by atoms with Gasteiger partial charge in [-0.2, -0.15) is 0 Å². The van der Waals surface area contributed by atoms with Crippen LogP contribution < -0.4 is 10.9 Å². The number of unbranched alkanes of at least 4 members (excludes halogenated alkanes) is 2. The first-order valence-corrected chi connectivity index (χ1v) is 6.88. The van der Waals surface area contributed by atoms with Gasteiger partial charge in [0.25, 0.3) is 5.56 Å². The van der Waals surface area contributed by atoms with Crippen molar-refractivity contribution >= 4 is 17.5 Å². The molecule has 0 radical (unpaired) electrons. The van der Waals surface area contributed by atoms with Crippen molar-refractivity contribution in [3.05, 3.63) is 27.4 Å². The maximum atomic E-state index is 12.0. The van der Waals surface area contributed by atoms with E-state index in [1.165, 1.54) is 10.6 Å². The molecule has 0 aliphatic carbocycles. The average Bonchev–Trinajstić information content (AvgIpc) is 2.33. The van der Waals surface area contributed by atoms with Crippen LogP contribution in [0, 0.1) is 6.92 Å². The number of hydrogen-bond acceptors (Lipinski definition) is 3. The summed E-state index contributed by atoms with van der Waals surface area (Å²) in [5, 5.41) is 2.97. The summed E-state index contributed by atoms with van der Waals surface area (Å²) in [5.41, 5.74) is -0.311. The van der Waals surface area contributed by atoms with E-state index in [9.17, 15) is 9.59 Å². The van der Waals surface area contributed by atoms with E-state index in [-0.39, 0.29) is 16.6 Å². The topological polar surface area (TPSA) is 64.0 Å². The van der Waals surface area contributed by atoms with Crippen molar-refractivity contribution in [2.75, 3.05) is 6.54 Å². The fourth-order valence-electron chi connectivity index (χ4n) is 1.89. The second kappa shape index (κ2) is 7.28. The summed E-state index contributed by atoms with van der Waals surface area (Å²) >= 11 is 5.70. The average molecular weight is 286 g/mol. The van der Waals surface area contributed by atoms with Crippen molar-refractivity contribution in [3.63, 3.8) is 0 Å². The Morgan fingerprint density at radius 1 is 1.53 bits per heavy atom. The number of rotatable bonds is 6. The zero-order valence-electron chi connectivity index (χ0n) is 11.6.